The molecule has 2 aliphatic rings. The molecule has 0 aromatic heterocycles. The van der Waals surface area contributed by atoms with Crippen molar-refractivity contribution in [1.29, 1.82) is 0 Å². The molecule has 0 unspecified atom stereocenters. The van der Waals surface area contributed by atoms with E-state index in [1.165, 1.54) is 0 Å². The van der Waals surface area contributed by atoms with Gasteiger partial charge in [0.1, 0.15) is 12.3 Å². The lowest BCUT2D eigenvalue weighted by molar-refractivity contribution is -0.159. The van der Waals surface area contributed by atoms with Crippen LogP contribution in [0.3, 0.4) is 0 Å². The number of aliphatic hydroxyl groups excluding tert-OH is 1. The predicted octanol–water partition coefficient (Wildman–Crippen LogP) is 2.45. The van der Waals surface area contributed by atoms with E-state index in [-0.39, 0.29) is 49.1 Å². The average molecular weight is 424 g/mol. The molecule has 2 heterocycles. The molecule has 2 N–H and O–H groups in total. The highest BCUT2D eigenvalue weighted by Crippen LogP contribution is 2.43. The van der Waals surface area contributed by atoms with Crippen LogP contribution < -0.4 is 10.1 Å². The summed E-state index contributed by atoms with van der Waals surface area (Å²) in [5.41, 5.74) is 3.19. The van der Waals surface area contributed by atoms with Crippen LogP contribution in [0.1, 0.15) is 25.3 Å². The fourth-order valence-corrected chi connectivity index (χ4v) is 4.69. The number of rotatable bonds is 5. The number of hydrogen-bond acceptors (Lipinski definition) is 4. The van der Waals surface area contributed by atoms with E-state index in [0.29, 0.717) is 6.54 Å². The lowest BCUT2D eigenvalue weighted by Crippen LogP contribution is -2.74. The number of nitrogens with one attached hydrogen (secondary N) is 1. The van der Waals surface area contributed by atoms with Gasteiger partial charge in [-0.25, -0.2) is 4.79 Å². The van der Waals surface area contributed by atoms with Gasteiger partial charge < -0.3 is 25.0 Å². The molecule has 4 rings (SSSR count). The molecule has 3 atom stereocenters. The summed E-state index contributed by atoms with van der Waals surface area (Å²) in [7, 11) is 1.65. The van der Waals surface area contributed by atoms with Crippen molar-refractivity contribution in [3.63, 3.8) is 0 Å². The third kappa shape index (κ3) is 3.97. The lowest BCUT2D eigenvalue weighted by Gasteiger charge is -2.58. The van der Waals surface area contributed by atoms with Crippen LogP contribution in [0.25, 0.3) is 11.1 Å². The molecule has 0 bridgehead atoms. The maximum atomic E-state index is 12.7. The highest BCUT2D eigenvalue weighted by atomic mass is 16.5. The molecule has 31 heavy (non-hydrogen) atoms. The number of urea groups is 1. The number of carbonyl (C=O) groups excluding carboxylic acids is 2. The molecular weight excluding hydrogens is 394 g/mol. The molecule has 0 saturated carbocycles. The normalized spacial score (nSPS) is 22.7. The molecule has 2 aliphatic heterocycles. The number of ether oxygens (including phenoxy) is 1. The number of benzene rings is 2. The predicted molar refractivity (Wildman–Crippen MR) is 118 cm³/mol. The SMILES string of the molecule is COc1cccc(-c2ccc([C@@H]3[C@@H](CO)N4C(=O)CN(C(=O)NC(C)C)C[C@H]34)cc2)c1. The molecule has 2 saturated heterocycles. The number of carbonyl (C=O) groups is 2. The number of amides is 3. The van der Waals surface area contributed by atoms with Gasteiger partial charge in [-0.3, -0.25) is 4.79 Å². The number of hydrogen-bond donors (Lipinski definition) is 2. The molecule has 0 radical (unpaired) electrons. The van der Waals surface area contributed by atoms with E-state index >= 15 is 0 Å². The fourth-order valence-electron chi connectivity index (χ4n) is 4.69. The monoisotopic (exact) mass is 423 g/mol. The minimum absolute atomic E-state index is 0.00663. The van der Waals surface area contributed by atoms with E-state index in [4.69, 9.17) is 4.74 Å². The summed E-state index contributed by atoms with van der Waals surface area (Å²) in [5, 5.41) is 12.8. The Labute approximate surface area is 182 Å². The maximum Gasteiger partial charge on any atom is 0.318 e. The molecule has 0 aliphatic carbocycles. The van der Waals surface area contributed by atoms with Gasteiger partial charge in [-0.05, 0) is 42.7 Å². The largest absolute Gasteiger partial charge is 0.497 e. The van der Waals surface area contributed by atoms with Crippen molar-refractivity contribution in [1.82, 2.24) is 15.1 Å². The van der Waals surface area contributed by atoms with Gasteiger partial charge in [0.15, 0.2) is 0 Å². The van der Waals surface area contributed by atoms with E-state index in [0.717, 1.165) is 22.4 Å². The Morgan fingerprint density at radius 2 is 1.94 bits per heavy atom. The molecule has 2 aromatic rings. The molecule has 7 heteroatoms. The van der Waals surface area contributed by atoms with Crippen LogP contribution in [0.2, 0.25) is 0 Å². The number of methoxy groups -OCH3 is 1. The molecule has 164 valence electrons. The Morgan fingerprint density at radius 3 is 2.58 bits per heavy atom. The van der Waals surface area contributed by atoms with Crippen LogP contribution in [-0.4, -0.2) is 71.8 Å². The van der Waals surface area contributed by atoms with Crippen molar-refractivity contribution >= 4 is 11.9 Å². The zero-order chi connectivity index (χ0) is 22.1. The Morgan fingerprint density at radius 1 is 1.19 bits per heavy atom. The fraction of sp³-hybridized carbons (Fsp3) is 0.417. The molecule has 3 amide bonds. The van der Waals surface area contributed by atoms with Gasteiger partial charge in [0, 0.05) is 18.5 Å². The van der Waals surface area contributed by atoms with Crippen molar-refractivity contribution in [2.24, 2.45) is 0 Å². The minimum atomic E-state index is -0.254. The van der Waals surface area contributed by atoms with Gasteiger partial charge in [0.05, 0.1) is 25.8 Å². The summed E-state index contributed by atoms with van der Waals surface area (Å²) >= 11 is 0. The van der Waals surface area contributed by atoms with Gasteiger partial charge in [-0.2, -0.15) is 0 Å². The Hall–Kier alpha value is -3.06. The van der Waals surface area contributed by atoms with Crippen LogP contribution in [0, 0.1) is 0 Å². The highest BCUT2D eigenvalue weighted by Gasteiger charge is 2.54. The number of nitrogens with zero attached hydrogens (tertiary/aromatic N) is 2. The van der Waals surface area contributed by atoms with Crippen LogP contribution >= 0.6 is 0 Å². The smallest absolute Gasteiger partial charge is 0.318 e. The van der Waals surface area contributed by atoms with Gasteiger partial charge in [-0.15, -0.1) is 0 Å². The van der Waals surface area contributed by atoms with E-state index in [1.807, 2.05) is 38.1 Å². The maximum absolute atomic E-state index is 12.7. The van der Waals surface area contributed by atoms with E-state index in [2.05, 4.69) is 29.6 Å². The van der Waals surface area contributed by atoms with Gasteiger partial charge in [-0.1, -0.05) is 36.4 Å². The number of fused-ring (bicyclic) bond motifs is 1. The molecule has 2 aromatic carbocycles. The summed E-state index contributed by atoms with van der Waals surface area (Å²) in [5.74, 6) is 0.679. The second-order valence-corrected chi connectivity index (χ2v) is 8.48. The standard InChI is InChI=1S/C24H29N3O4/c1-15(2)25-24(30)26-12-20-23(21(14-28)27(20)22(29)13-26)17-9-7-16(8-10-17)18-5-4-6-19(11-18)31-3/h4-11,15,20-21,23,28H,12-14H2,1-3H3,(H,25,30)/t20-,21-,23+/m1/s1. The van der Waals surface area contributed by atoms with Gasteiger partial charge in [0.2, 0.25) is 5.91 Å². The van der Waals surface area contributed by atoms with Crippen molar-refractivity contribution in [3.05, 3.63) is 54.1 Å². The zero-order valence-electron chi connectivity index (χ0n) is 18.1. The van der Waals surface area contributed by atoms with Crippen LogP contribution in [0.15, 0.2) is 48.5 Å². The van der Waals surface area contributed by atoms with E-state index < -0.39 is 0 Å². The summed E-state index contributed by atoms with van der Waals surface area (Å²) in [6, 6.07) is 15.5. The summed E-state index contributed by atoms with van der Waals surface area (Å²) in [4.78, 5) is 28.5. The average Bonchev–Trinajstić information content (AvgIpc) is 2.75. The topological polar surface area (TPSA) is 82.1 Å². The summed E-state index contributed by atoms with van der Waals surface area (Å²) in [6.07, 6.45) is 0. The molecule has 2 fully saturated rings. The summed E-state index contributed by atoms with van der Waals surface area (Å²) < 4.78 is 5.31. The van der Waals surface area contributed by atoms with E-state index in [1.54, 1.807) is 16.9 Å². The second-order valence-electron chi connectivity index (χ2n) is 8.48. The Bertz CT molecular complexity index is 960. The van der Waals surface area contributed by atoms with Crippen molar-refractivity contribution in [3.8, 4) is 16.9 Å². The minimum Gasteiger partial charge on any atom is -0.497 e. The quantitative estimate of drug-likeness (QED) is 0.774. The lowest BCUT2D eigenvalue weighted by atomic mass is 9.73. The number of piperazine rings is 1. The van der Waals surface area contributed by atoms with Crippen molar-refractivity contribution in [2.45, 2.75) is 37.9 Å². The van der Waals surface area contributed by atoms with Crippen molar-refractivity contribution in [2.75, 3.05) is 26.8 Å². The second kappa shape index (κ2) is 8.59. The Kier molecular flexibility index (Phi) is 5.87. The highest BCUT2D eigenvalue weighted by molar-refractivity contribution is 5.87. The number of aliphatic hydroxyl groups is 1. The van der Waals surface area contributed by atoms with Crippen LogP contribution in [0.4, 0.5) is 4.79 Å². The first-order valence-corrected chi connectivity index (χ1v) is 10.6. The third-order valence-corrected chi connectivity index (χ3v) is 6.15. The third-order valence-electron chi connectivity index (χ3n) is 6.15. The Balaban J connectivity index is 1.55. The molecular formula is C24H29N3O4. The first-order chi connectivity index (χ1) is 14.9. The van der Waals surface area contributed by atoms with E-state index in [9.17, 15) is 14.7 Å². The van der Waals surface area contributed by atoms with Crippen molar-refractivity contribution < 1.29 is 19.4 Å². The summed E-state index contributed by atoms with van der Waals surface area (Å²) in [6.45, 7) is 4.21. The van der Waals surface area contributed by atoms with Crippen LogP contribution in [0.5, 0.6) is 5.75 Å². The first kappa shape index (κ1) is 21.2. The van der Waals surface area contributed by atoms with Gasteiger partial charge in [0.25, 0.3) is 0 Å². The molecule has 0 spiro atoms. The van der Waals surface area contributed by atoms with Gasteiger partial charge >= 0.3 is 6.03 Å². The first-order valence-electron chi connectivity index (χ1n) is 10.6. The zero-order valence-corrected chi connectivity index (χ0v) is 18.1. The molecule has 7 nitrogen and oxygen atoms in total. The van der Waals surface area contributed by atoms with Crippen LogP contribution in [-0.2, 0) is 4.79 Å².